The molecule has 0 saturated carbocycles. The van der Waals surface area contributed by atoms with Gasteiger partial charge in [-0.1, -0.05) is 0 Å². The van der Waals surface area contributed by atoms with Crippen molar-refractivity contribution in [2.24, 2.45) is 5.73 Å². The van der Waals surface area contributed by atoms with Crippen LogP contribution in [0, 0.1) is 0 Å². The molecule has 0 aromatic heterocycles. The Bertz CT molecular complexity index is 21.6. The molecular weight excluding hydrogens is 83.0 g/mol. The predicted octanol–water partition coefficient (Wildman–Crippen LogP) is -0.677. The van der Waals surface area contributed by atoms with Gasteiger partial charge in [0.25, 0.3) is 0 Å². The summed E-state index contributed by atoms with van der Waals surface area (Å²) in [5.74, 6) is 0.0509. The van der Waals surface area contributed by atoms with Crippen molar-refractivity contribution in [3.05, 3.63) is 0 Å². The number of hydrogen-bond donors (Lipinski definition) is 2. The lowest BCUT2D eigenvalue weighted by atomic mass is 11.1. The van der Waals surface area contributed by atoms with E-state index in [0.29, 0.717) is 0 Å². The largest absolute Gasteiger partial charge is 0.313 e. The van der Waals surface area contributed by atoms with Crippen LogP contribution in [-0.4, -0.2) is 13.0 Å². The molecule has 0 aliphatic carbocycles. The molecule has 0 heterocycles. The molecule has 0 saturated heterocycles. The van der Waals surface area contributed by atoms with Gasteiger partial charge < -0.3 is 11.1 Å². The van der Waals surface area contributed by atoms with Crippen LogP contribution in [0.2, 0.25) is 0 Å². The van der Waals surface area contributed by atoms with Crippen LogP contribution >= 0.6 is 9.24 Å². The van der Waals surface area contributed by atoms with Gasteiger partial charge in [-0.2, -0.15) is 0 Å². The summed E-state index contributed by atoms with van der Waals surface area (Å²) in [6.07, 6.45) is 0. The number of hydrogen-bond acceptors (Lipinski definition) is 2. The molecule has 2 atom stereocenters. The lowest BCUT2D eigenvalue weighted by Gasteiger charge is -1.96. The fourth-order valence-corrected chi connectivity index (χ4v) is 0. The average molecular weight is 92.1 g/mol. The van der Waals surface area contributed by atoms with Gasteiger partial charge in [-0.3, -0.25) is 0 Å². The zero-order chi connectivity index (χ0) is 4.28. The Hall–Kier alpha value is 0.350. The van der Waals surface area contributed by atoms with Crippen LogP contribution < -0.4 is 11.1 Å². The van der Waals surface area contributed by atoms with Crippen molar-refractivity contribution in [3.63, 3.8) is 0 Å². The third-order valence-corrected chi connectivity index (χ3v) is 0.667. The molecule has 0 fully saturated rings. The number of nitrogens with two attached hydrogens (primary N) is 1. The molecule has 3 heteroatoms. The molecule has 0 aromatic rings. The summed E-state index contributed by atoms with van der Waals surface area (Å²) in [4.78, 5) is 0. The molecule has 0 aliphatic rings. The maximum absolute atomic E-state index is 5.14. The molecule has 0 amide bonds. The fourth-order valence-electron chi connectivity index (χ4n) is 0. The highest BCUT2D eigenvalue weighted by Gasteiger charge is 1.76. The standard InChI is InChI=1S/C2H9N2P/c1-4-2(3)5/h2,4H,3,5H2,1H3. The molecule has 2 nitrogen and oxygen atoms in total. The topological polar surface area (TPSA) is 38.0 Å². The van der Waals surface area contributed by atoms with Crippen molar-refractivity contribution >= 4 is 9.24 Å². The molecule has 0 rings (SSSR count). The highest BCUT2D eigenvalue weighted by Crippen LogP contribution is 1.77. The molecular formula is C2H9N2P. The summed E-state index contributed by atoms with van der Waals surface area (Å²) >= 11 is 0. The van der Waals surface area contributed by atoms with E-state index in [9.17, 15) is 0 Å². The minimum absolute atomic E-state index is 0.0509. The second-order valence-corrected chi connectivity index (χ2v) is 1.53. The van der Waals surface area contributed by atoms with Crippen LogP contribution in [0.3, 0.4) is 0 Å². The van der Waals surface area contributed by atoms with Gasteiger partial charge in [-0.25, -0.2) is 0 Å². The maximum atomic E-state index is 5.14. The lowest BCUT2D eigenvalue weighted by molar-refractivity contribution is 0.776. The van der Waals surface area contributed by atoms with E-state index in [1.165, 1.54) is 0 Å². The zero-order valence-electron chi connectivity index (χ0n) is 3.23. The molecule has 0 aliphatic heterocycles. The Morgan fingerprint density at radius 1 is 2.00 bits per heavy atom. The lowest BCUT2D eigenvalue weighted by Crippen LogP contribution is -2.26. The van der Waals surface area contributed by atoms with Crippen molar-refractivity contribution in [1.82, 2.24) is 5.32 Å². The summed E-state index contributed by atoms with van der Waals surface area (Å²) in [5, 5.41) is 2.77. The van der Waals surface area contributed by atoms with Gasteiger partial charge in [0, 0.05) is 0 Å². The van der Waals surface area contributed by atoms with Gasteiger partial charge in [0.1, 0.15) is 0 Å². The number of rotatable bonds is 1. The normalized spacial score (nSPS) is 15.0. The van der Waals surface area contributed by atoms with Crippen molar-refractivity contribution < 1.29 is 0 Å². The van der Waals surface area contributed by atoms with Crippen molar-refractivity contribution in [2.75, 3.05) is 7.05 Å². The second kappa shape index (κ2) is 2.58. The van der Waals surface area contributed by atoms with Crippen LogP contribution in [0.15, 0.2) is 0 Å². The molecule has 5 heavy (non-hydrogen) atoms. The highest BCUT2D eigenvalue weighted by molar-refractivity contribution is 7.17. The SMILES string of the molecule is CNC(N)P. The maximum Gasteiger partial charge on any atom is 0.0686 e. The van der Waals surface area contributed by atoms with Gasteiger partial charge in [0.15, 0.2) is 0 Å². The van der Waals surface area contributed by atoms with Gasteiger partial charge in [0.2, 0.25) is 0 Å². The Kier molecular flexibility index (Phi) is 2.76. The quantitative estimate of drug-likeness (QED) is 0.332. The van der Waals surface area contributed by atoms with E-state index in [4.69, 9.17) is 5.73 Å². The van der Waals surface area contributed by atoms with E-state index in [2.05, 4.69) is 14.6 Å². The molecule has 0 bridgehead atoms. The first-order chi connectivity index (χ1) is 2.27. The first-order valence-electron chi connectivity index (χ1n) is 1.46. The van der Waals surface area contributed by atoms with E-state index in [1.807, 2.05) is 0 Å². The summed E-state index contributed by atoms with van der Waals surface area (Å²) in [7, 11) is 4.20. The minimum atomic E-state index is 0.0509. The van der Waals surface area contributed by atoms with Crippen LogP contribution in [0.5, 0.6) is 0 Å². The summed E-state index contributed by atoms with van der Waals surface area (Å²) < 4.78 is 0. The first-order valence-corrected chi connectivity index (χ1v) is 2.12. The Labute approximate surface area is 34.3 Å². The molecule has 3 N–H and O–H groups in total. The van der Waals surface area contributed by atoms with Crippen LogP contribution in [0.4, 0.5) is 0 Å². The van der Waals surface area contributed by atoms with Gasteiger partial charge in [0.05, 0.1) is 5.91 Å². The second-order valence-electron chi connectivity index (χ2n) is 0.814. The van der Waals surface area contributed by atoms with Crippen LogP contribution in [-0.2, 0) is 0 Å². The fraction of sp³-hybridized carbons (Fsp3) is 1.00. The number of nitrogens with one attached hydrogen (secondary N) is 1. The van der Waals surface area contributed by atoms with Gasteiger partial charge >= 0.3 is 0 Å². The predicted molar refractivity (Wildman–Crippen MR) is 26.7 cm³/mol. The monoisotopic (exact) mass is 92.1 g/mol. The zero-order valence-corrected chi connectivity index (χ0v) is 4.39. The van der Waals surface area contributed by atoms with Crippen molar-refractivity contribution in [2.45, 2.75) is 5.91 Å². The molecule has 0 radical (unpaired) electrons. The van der Waals surface area contributed by atoms with E-state index in [0.717, 1.165) is 0 Å². The Morgan fingerprint density at radius 2 is 2.20 bits per heavy atom. The molecule has 0 spiro atoms. The average Bonchev–Trinajstić information content (AvgIpc) is 1.38. The third-order valence-electron chi connectivity index (χ3n) is 0.333. The van der Waals surface area contributed by atoms with E-state index in [1.54, 1.807) is 7.05 Å². The van der Waals surface area contributed by atoms with E-state index in [-0.39, 0.29) is 5.91 Å². The van der Waals surface area contributed by atoms with Crippen molar-refractivity contribution in [3.8, 4) is 0 Å². The van der Waals surface area contributed by atoms with Crippen molar-refractivity contribution in [1.29, 1.82) is 0 Å². The van der Waals surface area contributed by atoms with Gasteiger partial charge in [-0.15, -0.1) is 9.24 Å². The molecule has 2 unspecified atom stereocenters. The molecule has 32 valence electrons. The summed E-state index contributed by atoms with van der Waals surface area (Å²) in [6, 6.07) is 0. The third kappa shape index (κ3) is 4.35. The van der Waals surface area contributed by atoms with Crippen LogP contribution in [0.25, 0.3) is 0 Å². The minimum Gasteiger partial charge on any atom is -0.313 e. The highest BCUT2D eigenvalue weighted by atomic mass is 31.0. The smallest absolute Gasteiger partial charge is 0.0686 e. The van der Waals surface area contributed by atoms with Crippen LogP contribution in [0.1, 0.15) is 0 Å². The Morgan fingerprint density at radius 3 is 2.20 bits per heavy atom. The first kappa shape index (κ1) is 5.35. The van der Waals surface area contributed by atoms with E-state index < -0.39 is 0 Å². The van der Waals surface area contributed by atoms with E-state index >= 15 is 0 Å². The summed E-state index contributed by atoms with van der Waals surface area (Å²) in [5.41, 5.74) is 5.14. The molecule has 0 aromatic carbocycles. The Balaban J connectivity index is 2.54. The summed E-state index contributed by atoms with van der Waals surface area (Å²) in [6.45, 7) is 0. The van der Waals surface area contributed by atoms with Gasteiger partial charge in [-0.05, 0) is 7.05 Å².